The van der Waals surface area contributed by atoms with Crippen molar-refractivity contribution in [1.82, 2.24) is 5.32 Å². The molecule has 0 aromatic heterocycles. The quantitative estimate of drug-likeness (QED) is 0.878. The minimum Gasteiger partial charge on any atom is -0.376 e. The Kier molecular flexibility index (Phi) is 4.16. The third-order valence-corrected chi connectivity index (χ3v) is 3.10. The molecule has 4 heteroatoms. The molecule has 0 amide bonds. The predicted molar refractivity (Wildman–Crippen MR) is 62.0 cm³/mol. The van der Waals surface area contributed by atoms with E-state index in [0.717, 1.165) is 19.5 Å². The van der Waals surface area contributed by atoms with Crippen LogP contribution >= 0.6 is 11.6 Å². The van der Waals surface area contributed by atoms with Crippen molar-refractivity contribution in [2.45, 2.75) is 13.0 Å². The molecular weight excluding hydrogens is 229 g/mol. The second kappa shape index (κ2) is 5.62. The molecule has 0 radical (unpaired) electrons. The second-order valence-electron chi connectivity index (χ2n) is 4.09. The van der Waals surface area contributed by atoms with Gasteiger partial charge in [-0.2, -0.15) is 0 Å². The number of hydrogen-bond donors (Lipinski definition) is 1. The molecule has 1 N–H and O–H groups in total. The number of hydrogen-bond acceptors (Lipinski definition) is 2. The van der Waals surface area contributed by atoms with Gasteiger partial charge in [-0.25, -0.2) is 4.39 Å². The fourth-order valence-electron chi connectivity index (χ4n) is 1.85. The van der Waals surface area contributed by atoms with Gasteiger partial charge in [0.15, 0.2) is 0 Å². The van der Waals surface area contributed by atoms with Crippen LogP contribution in [0.3, 0.4) is 0 Å². The zero-order valence-electron chi connectivity index (χ0n) is 9.01. The number of nitrogens with one attached hydrogen (secondary N) is 1. The molecule has 1 aliphatic heterocycles. The number of rotatable bonds is 4. The lowest BCUT2D eigenvalue weighted by molar-refractivity contribution is 0.0905. The highest BCUT2D eigenvalue weighted by Gasteiger charge is 2.14. The van der Waals surface area contributed by atoms with Gasteiger partial charge in [-0.1, -0.05) is 23.7 Å². The van der Waals surface area contributed by atoms with E-state index in [1.165, 1.54) is 0 Å². The van der Waals surface area contributed by atoms with Crippen LogP contribution < -0.4 is 5.32 Å². The topological polar surface area (TPSA) is 21.3 Å². The molecule has 1 aromatic carbocycles. The first-order valence-corrected chi connectivity index (χ1v) is 5.86. The lowest BCUT2D eigenvalue weighted by atomic mass is 10.1. The number of halogens is 2. The van der Waals surface area contributed by atoms with Crippen molar-refractivity contribution in [2.24, 2.45) is 5.92 Å². The monoisotopic (exact) mass is 243 g/mol. The Morgan fingerprint density at radius 3 is 3.12 bits per heavy atom. The van der Waals surface area contributed by atoms with Gasteiger partial charge in [-0.3, -0.25) is 0 Å². The van der Waals surface area contributed by atoms with E-state index in [0.29, 0.717) is 24.7 Å². The van der Waals surface area contributed by atoms with Gasteiger partial charge in [0.05, 0.1) is 18.2 Å². The van der Waals surface area contributed by atoms with E-state index in [1.54, 1.807) is 18.2 Å². The van der Waals surface area contributed by atoms with Crippen molar-refractivity contribution < 1.29 is 9.13 Å². The first-order chi connectivity index (χ1) is 7.77. The molecule has 1 saturated heterocycles. The third-order valence-electron chi connectivity index (χ3n) is 2.81. The van der Waals surface area contributed by atoms with Gasteiger partial charge in [0.1, 0.15) is 5.82 Å². The fourth-order valence-corrected chi connectivity index (χ4v) is 2.05. The second-order valence-corrected chi connectivity index (χ2v) is 4.49. The van der Waals surface area contributed by atoms with Crippen LogP contribution in [-0.2, 0) is 11.3 Å². The van der Waals surface area contributed by atoms with Crippen molar-refractivity contribution in [3.05, 3.63) is 34.6 Å². The molecule has 1 unspecified atom stereocenters. The highest BCUT2D eigenvalue weighted by molar-refractivity contribution is 6.30. The van der Waals surface area contributed by atoms with Crippen LogP contribution in [0.1, 0.15) is 12.0 Å². The van der Waals surface area contributed by atoms with E-state index in [4.69, 9.17) is 16.3 Å². The molecule has 1 fully saturated rings. The summed E-state index contributed by atoms with van der Waals surface area (Å²) >= 11 is 5.68. The van der Waals surface area contributed by atoms with Crippen molar-refractivity contribution in [3.63, 3.8) is 0 Å². The molecule has 2 nitrogen and oxygen atoms in total. The van der Waals surface area contributed by atoms with Gasteiger partial charge in [-0.05, 0) is 24.9 Å². The van der Waals surface area contributed by atoms with E-state index in [2.05, 4.69) is 5.32 Å². The van der Waals surface area contributed by atoms with Crippen LogP contribution in [0, 0.1) is 11.7 Å². The Labute approximate surface area is 99.7 Å². The lowest BCUT2D eigenvalue weighted by Gasteiger charge is -2.10. The summed E-state index contributed by atoms with van der Waals surface area (Å²) in [5.74, 6) is 0.191. The van der Waals surface area contributed by atoms with Gasteiger partial charge < -0.3 is 10.1 Å². The van der Waals surface area contributed by atoms with Crippen LogP contribution in [0.5, 0.6) is 0 Å². The standard InChI is InChI=1S/C12H15ClFNO/c13-11-3-1-2-10(12(11)14)8-16-7-9-4-5-15-6-9/h1-3,9,15H,4-8H2. The molecular formula is C12H15ClFNO. The summed E-state index contributed by atoms with van der Waals surface area (Å²) < 4.78 is 19.0. The molecule has 16 heavy (non-hydrogen) atoms. The van der Waals surface area contributed by atoms with Crippen molar-refractivity contribution in [3.8, 4) is 0 Å². The van der Waals surface area contributed by atoms with Crippen LogP contribution in [-0.4, -0.2) is 19.7 Å². The largest absolute Gasteiger partial charge is 0.376 e. The maximum Gasteiger partial charge on any atom is 0.147 e. The molecule has 0 saturated carbocycles. The van der Waals surface area contributed by atoms with Gasteiger partial charge in [-0.15, -0.1) is 0 Å². The fraction of sp³-hybridized carbons (Fsp3) is 0.500. The van der Waals surface area contributed by atoms with Crippen molar-refractivity contribution in [2.75, 3.05) is 19.7 Å². The first kappa shape index (κ1) is 11.8. The molecule has 1 aromatic rings. The van der Waals surface area contributed by atoms with E-state index in [-0.39, 0.29) is 10.8 Å². The summed E-state index contributed by atoms with van der Waals surface area (Å²) in [6.45, 7) is 3.03. The summed E-state index contributed by atoms with van der Waals surface area (Å²) in [7, 11) is 0. The van der Waals surface area contributed by atoms with E-state index >= 15 is 0 Å². The first-order valence-electron chi connectivity index (χ1n) is 5.48. The minimum absolute atomic E-state index is 0.156. The maximum absolute atomic E-state index is 13.5. The Hall–Kier alpha value is -0.640. The van der Waals surface area contributed by atoms with E-state index < -0.39 is 0 Å². The normalized spacial score (nSPS) is 20.2. The highest BCUT2D eigenvalue weighted by Crippen LogP contribution is 2.19. The van der Waals surface area contributed by atoms with Crippen molar-refractivity contribution in [1.29, 1.82) is 0 Å². The van der Waals surface area contributed by atoms with Crippen LogP contribution in [0.4, 0.5) is 4.39 Å². The third kappa shape index (κ3) is 2.94. The average Bonchev–Trinajstić information content (AvgIpc) is 2.77. The summed E-state index contributed by atoms with van der Waals surface area (Å²) in [6, 6.07) is 4.98. The van der Waals surface area contributed by atoms with Crippen molar-refractivity contribution >= 4 is 11.6 Å². The lowest BCUT2D eigenvalue weighted by Crippen LogP contribution is -2.14. The Morgan fingerprint density at radius 1 is 1.50 bits per heavy atom. The van der Waals surface area contributed by atoms with E-state index in [9.17, 15) is 4.39 Å². The average molecular weight is 244 g/mol. The zero-order valence-corrected chi connectivity index (χ0v) is 9.77. The smallest absolute Gasteiger partial charge is 0.147 e. The Bertz CT molecular complexity index is 353. The highest BCUT2D eigenvalue weighted by atomic mass is 35.5. The van der Waals surface area contributed by atoms with E-state index in [1.807, 2.05) is 0 Å². The summed E-state index contributed by atoms with van der Waals surface area (Å²) in [5, 5.41) is 3.42. The Morgan fingerprint density at radius 2 is 2.38 bits per heavy atom. The predicted octanol–water partition coefficient (Wildman–Crippen LogP) is 2.61. The molecule has 0 bridgehead atoms. The molecule has 0 spiro atoms. The number of benzene rings is 1. The van der Waals surface area contributed by atoms with Crippen LogP contribution in [0.25, 0.3) is 0 Å². The molecule has 88 valence electrons. The minimum atomic E-state index is -0.367. The molecule has 1 heterocycles. The maximum atomic E-state index is 13.5. The van der Waals surface area contributed by atoms with Gasteiger partial charge in [0.25, 0.3) is 0 Å². The van der Waals surface area contributed by atoms with Gasteiger partial charge in [0, 0.05) is 12.1 Å². The Balaban J connectivity index is 1.82. The van der Waals surface area contributed by atoms with Crippen LogP contribution in [0.15, 0.2) is 18.2 Å². The molecule has 2 rings (SSSR count). The summed E-state index contributed by atoms with van der Waals surface area (Å²) in [6.07, 6.45) is 1.14. The number of ether oxygens (including phenoxy) is 1. The SMILES string of the molecule is Fc1c(Cl)cccc1COCC1CCNC1. The summed E-state index contributed by atoms with van der Waals surface area (Å²) in [5.41, 5.74) is 0.526. The molecule has 0 aliphatic carbocycles. The molecule has 1 aliphatic rings. The summed E-state index contributed by atoms with van der Waals surface area (Å²) in [4.78, 5) is 0. The zero-order chi connectivity index (χ0) is 11.4. The molecule has 1 atom stereocenters. The van der Waals surface area contributed by atoms with Gasteiger partial charge in [0.2, 0.25) is 0 Å². The van der Waals surface area contributed by atoms with Crippen LogP contribution in [0.2, 0.25) is 5.02 Å². The van der Waals surface area contributed by atoms with Gasteiger partial charge >= 0.3 is 0 Å².